The topological polar surface area (TPSA) is 86.0 Å². The Morgan fingerprint density at radius 3 is 2.45 bits per heavy atom. The molecule has 1 unspecified atom stereocenters. The minimum atomic E-state index is -4.73. The summed E-state index contributed by atoms with van der Waals surface area (Å²) >= 11 is 0. The third-order valence-corrected chi connectivity index (χ3v) is 5.45. The fourth-order valence-corrected chi connectivity index (χ4v) is 3.81. The van der Waals surface area contributed by atoms with Gasteiger partial charge < -0.3 is 5.32 Å². The molecule has 7 nitrogen and oxygen atoms in total. The van der Waals surface area contributed by atoms with Crippen LogP contribution in [0, 0.1) is 0 Å². The second-order valence-corrected chi connectivity index (χ2v) is 7.66. The van der Waals surface area contributed by atoms with Crippen LogP contribution in [0.4, 0.5) is 13.2 Å². The highest BCUT2D eigenvalue weighted by molar-refractivity contribution is 5.87. The van der Waals surface area contributed by atoms with Crippen LogP contribution in [0.5, 0.6) is 0 Å². The quantitative estimate of drug-likeness (QED) is 0.511. The van der Waals surface area contributed by atoms with Crippen LogP contribution < -0.4 is 16.6 Å². The molecule has 0 aliphatic carbocycles. The van der Waals surface area contributed by atoms with Gasteiger partial charge in [0.2, 0.25) is 5.91 Å². The van der Waals surface area contributed by atoms with E-state index < -0.39 is 47.3 Å². The van der Waals surface area contributed by atoms with Gasteiger partial charge in [-0.05, 0) is 35.4 Å². The molecule has 4 rings (SSSR count). The van der Waals surface area contributed by atoms with Crippen LogP contribution in [0.15, 0.2) is 64.2 Å². The van der Waals surface area contributed by atoms with Crippen LogP contribution in [0.25, 0.3) is 21.8 Å². The Morgan fingerprint density at radius 2 is 1.73 bits per heavy atom. The molecule has 0 aliphatic rings. The van der Waals surface area contributed by atoms with Crippen LogP contribution in [0.1, 0.15) is 24.2 Å². The molecule has 1 atom stereocenters. The second-order valence-electron chi connectivity index (χ2n) is 7.66. The molecule has 2 aromatic heterocycles. The van der Waals surface area contributed by atoms with E-state index >= 15 is 0 Å². The maximum Gasteiger partial charge on any atom is 0.433 e. The van der Waals surface area contributed by atoms with Crippen molar-refractivity contribution in [2.75, 3.05) is 0 Å². The molecule has 1 N–H and O–H groups in total. The average molecular weight is 456 g/mol. The van der Waals surface area contributed by atoms with Crippen molar-refractivity contribution in [3.63, 3.8) is 0 Å². The number of hydrogen-bond donors (Lipinski definition) is 1. The summed E-state index contributed by atoms with van der Waals surface area (Å²) in [6.45, 7) is 1.20. The smallest absolute Gasteiger partial charge is 0.348 e. The highest BCUT2D eigenvalue weighted by Gasteiger charge is 2.33. The van der Waals surface area contributed by atoms with Crippen molar-refractivity contribution >= 4 is 27.7 Å². The number of alkyl halides is 3. The Kier molecular flexibility index (Phi) is 5.52. The summed E-state index contributed by atoms with van der Waals surface area (Å²) in [5.41, 5.74) is -2.58. The fourth-order valence-electron chi connectivity index (χ4n) is 3.81. The molecule has 0 saturated heterocycles. The van der Waals surface area contributed by atoms with E-state index in [4.69, 9.17) is 0 Å². The van der Waals surface area contributed by atoms with Gasteiger partial charge in [-0.25, -0.2) is 9.78 Å². The number of aryl methyl sites for hydroxylation is 1. The first kappa shape index (κ1) is 22.3. The van der Waals surface area contributed by atoms with Crippen LogP contribution in [-0.2, 0) is 24.6 Å². The predicted octanol–water partition coefficient (Wildman–Crippen LogP) is 3.14. The first-order valence-electron chi connectivity index (χ1n) is 10.0. The molecule has 0 aliphatic heterocycles. The van der Waals surface area contributed by atoms with E-state index in [9.17, 15) is 27.6 Å². The van der Waals surface area contributed by atoms with E-state index in [0.717, 1.165) is 27.0 Å². The minimum Gasteiger partial charge on any atom is -0.348 e. The number of carbonyl (C=O) groups is 1. The van der Waals surface area contributed by atoms with Crippen molar-refractivity contribution in [2.24, 2.45) is 7.05 Å². The minimum absolute atomic E-state index is 0.194. The average Bonchev–Trinajstić information content (AvgIpc) is 2.79. The zero-order valence-corrected chi connectivity index (χ0v) is 17.7. The fraction of sp³-hybridized carbons (Fsp3) is 0.217. The molecular weight excluding hydrogens is 437 g/mol. The SMILES string of the molecule is CC(NC(=O)Cn1c(=O)c2ccc(C(F)(F)F)nc2n(C)c1=O)c1cccc2ccccc12. The van der Waals surface area contributed by atoms with Gasteiger partial charge in [0.05, 0.1) is 11.4 Å². The number of benzene rings is 2. The standard InChI is InChI=1S/C23H19F3N4O3/c1-13(15-9-5-7-14-6-3-4-8-16(14)15)27-19(31)12-30-21(32)17-10-11-18(23(24,25)26)28-20(17)29(2)22(30)33/h3-11,13H,12H2,1-2H3,(H,27,31). The number of aromatic nitrogens is 3. The molecular formula is C23H19F3N4O3. The Bertz CT molecular complexity index is 1500. The van der Waals surface area contributed by atoms with Gasteiger partial charge in [0.25, 0.3) is 5.56 Å². The number of amides is 1. The summed E-state index contributed by atoms with van der Waals surface area (Å²) in [5.74, 6) is -0.589. The molecule has 4 aromatic rings. The maximum absolute atomic E-state index is 13.0. The third-order valence-electron chi connectivity index (χ3n) is 5.45. The first-order valence-corrected chi connectivity index (χ1v) is 10.0. The van der Waals surface area contributed by atoms with Crippen LogP contribution in [0.2, 0.25) is 0 Å². The molecule has 2 aromatic carbocycles. The van der Waals surface area contributed by atoms with Crippen molar-refractivity contribution < 1.29 is 18.0 Å². The lowest BCUT2D eigenvalue weighted by Crippen LogP contribution is -2.43. The van der Waals surface area contributed by atoms with Crippen LogP contribution >= 0.6 is 0 Å². The van der Waals surface area contributed by atoms with E-state index in [1.54, 1.807) is 6.92 Å². The molecule has 2 heterocycles. The summed E-state index contributed by atoms with van der Waals surface area (Å²) < 4.78 is 40.4. The molecule has 1 amide bonds. The van der Waals surface area contributed by atoms with Crippen molar-refractivity contribution in [2.45, 2.75) is 25.7 Å². The lowest BCUT2D eigenvalue weighted by molar-refractivity contribution is -0.141. The third kappa shape index (κ3) is 4.11. The van der Waals surface area contributed by atoms with E-state index in [1.807, 2.05) is 42.5 Å². The number of rotatable bonds is 4. The van der Waals surface area contributed by atoms with Gasteiger partial charge in [0.15, 0.2) is 0 Å². The van der Waals surface area contributed by atoms with Gasteiger partial charge in [0.1, 0.15) is 17.9 Å². The Balaban J connectivity index is 1.65. The van der Waals surface area contributed by atoms with Crippen molar-refractivity contribution in [3.8, 4) is 0 Å². The number of hydrogen-bond acceptors (Lipinski definition) is 4. The maximum atomic E-state index is 13.0. The summed E-state index contributed by atoms with van der Waals surface area (Å²) in [6, 6.07) is 14.6. The molecule has 0 spiro atoms. The molecule has 0 radical (unpaired) electrons. The normalized spacial score (nSPS) is 12.8. The highest BCUT2D eigenvalue weighted by atomic mass is 19.4. The lowest BCUT2D eigenvalue weighted by Gasteiger charge is -2.17. The monoisotopic (exact) mass is 456 g/mol. The molecule has 0 fully saturated rings. The molecule has 0 saturated carbocycles. The molecule has 10 heteroatoms. The summed E-state index contributed by atoms with van der Waals surface area (Å²) in [5, 5.41) is 4.54. The number of fused-ring (bicyclic) bond motifs is 2. The van der Waals surface area contributed by atoms with Gasteiger partial charge in [-0.15, -0.1) is 0 Å². The zero-order valence-electron chi connectivity index (χ0n) is 17.7. The van der Waals surface area contributed by atoms with Gasteiger partial charge in [-0.3, -0.25) is 18.7 Å². The van der Waals surface area contributed by atoms with Gasteiger partial charge in [-0.2, -0.15) is 13.2 Å². The Morgan fingerprint density at radius 1 is 1.03 bits per heavy atom. The number of nitrogens with one attached hydrogen (secondary N) is 1. The number of nitrogens with zero attached hydrogens (tertiary/aromatic N) is 3. The lowest BCUT2D eigenvalue weighted by atomic mass is 10.00. The van der Waals surface area contributed by atoms with E-state index in [-0.39, 0.29) is 5.39 Å². The number of pyridine rings is 1. The van der Waals surface area contributed by atoms with E-state index in [0.29, 0.717) is 10.6 Å². The zero-order chi connectivity index (χ0) is 23.9. The van der Waals surface area contributed by atoms with E-state index in [2.05, 4.69) is 10.3 Å². The summed E-state index contributed by atoms with van der Waals surface area (Å²) in [7, 11) is 1.20. The number of carbonyl (C=O) groups excluding carboxylic acids is 1. The first-order chi connectivity index (χ1) is 15.6. The second kappa shape index (κ2) is 8.19. The van der Waals surface area contributed by atoms with Crippen molar-refractivity contribution in [1.82, 2.24) is 19.4 Å². The Labute approximate surface area is 185 Å². The van der Waals surface area contributed by atoms with Gasteiger partial charge in [0, 0.05) is 7.05 Å². The van der Waals surface area contributed by atoms with E-state index in [1.165, 1.54) is 7.05 Å². The molecule has 0 bridgehead atoms. The predicted molar refractivity (Wildman–Crippen MR) is 117 cm³/mol. The van der Waals surface area contributed by atoms with Crippen molar-refractivity contribution in [3.05, 3.63) is 86.7 Å². The molecule has 33 heavy (non-hydrogen) atoms. The Hall–Kier alpha value is -3.95. The summed E-state index contributed by atoms with van der Waals surface area (Å²) in [4.78, 5) is 41.5. The van der Waals surface area contributed by atoms with Gasteiger partial charge >= 0.3 is 11.9 Å². The van der Waals surface area contributed by atoms with Crippen LogP contribution in [-0.4, -0.2) is 20.0 Å². The molecule has 170 valence electrons. The van der Waals surface area contributed by atoms with Gasteiger partial charge in [-0.1, -0.05) is 42.5 Å². The number of halogens is 3. The van der Waals surface area contributed by atoms with Crippen molar-refractivity contribution in [1.29, 1.82) is 0 Å². The largest absolute Gasteiger partial charge is 0.433 e. The summed E-state index contributed by atoms with van der Waals surface area (Å²) in [6.07, 6.45) is -4.73. The van der Waals surface area contributed by atoms with Crippen LogP contribution in [0.3, 0.4) is 0 Å². The highest BCUT2D eigenvalue weighted by Crippen LogP contribution is 2.28.